The first-order chi connectivity index (χ1) is 15.3. The first kappa shape index (κ1) is 22.6. The summed E-state index contributed by atoms with van der Waals surface area (Å²) < 4.78 is 11.8. The fourth-order valence-electron chi connectivity index (χ4n) is 5.02. The summed E-state index contributed by atoms with van der Waals surface area (Å²) in [5.41, 5.74) is 2.27. The highest BCUT2D eigenvalue weighted by Gasteiger charge is 2.48. The molecule has 32 heavy (non-hydrogen) atoms. The molecule has 1 heterocycles. The van der Waals surface area contributed by atoms with Crippen molar-refractivity contribution in [3.63, 3.8) is 0 Å². The van der Waals surface area contributed by atoms with Crippen LogP contribution >= 0.6 is 0 Å². The van der Waals surface area contributed by atoms with Crippen molar-refractivity contribution in [2.45, 2.75) is 44.5 Å². The van der Waals surface area contributed by atoms with E-state index in [0.717, 1.165) is 16.7 Å². The number of amides is 1. The van der Waals surface area contributed by atoms with Crippen molar-refractivity contribution in [1.29, 1.82) is 0 Å². The van der Waals surface area contributed by atoms with Gasteiger partial charge in [0.05, 0.1) is 13.2 Å². The molecule has 0 aromatic heterocycles. The molecule has 1 saturated heterocycles. The largest absolute Gasteiger partial charge is 0.493 e. The van der Waals surface area contributed by atoms with Crippen molar-refractivity contribution in [1.82, 2.24) is 4.90 Å². The zero-order valence-corrected chi connectivity index (χ0v) is 18.7. The summed E-state index contributed by atoms with van der Waals surface area (Å²) >= 11 is 0. The highest BCUT2D eigenvalue weighted by atomic mass is 16.5. The number of benzene rings is 2. The van der Waals surface area contributed by atoms with Crippen molar-refractivity contribution in [3.8, 4) is 11.5 Å². The molecule has 7 heteroatoms. The van der Waals surface area contributed by atoms with Crippen molar-refractivity contribution in [2.75, 3.05) is 26.8 Å². The van der Waals surface area contributed by atoms with Gasteiger partial charge in [-0.15, -0.1) is 0 Å². The second kappa shape index (κ2) is 8.73. The average Bonchev–Trinajstić information content (AvgIpc) is 3.31. The van der Waals surface area contributed by atoms with Crippen LogP contribution in [0.1, 0.15) is 42.6 Å². The van der Waals surface area contributed by atoms with Gasteiger partial charge in [-0.25, -0.2) is 0 Å². The number of likely N-dealkylation sites (tertiary alicyclic amines) is 1. The molecule has 1 aliphatic heterocycles. The van der Waals surface area contributed by atoms with E-state index in [1.807, 2.05) is 49.4 Å². The molecule has 1 amide bonds. The predicted molar refractivity (Wildman–Crippen MR) is 119 cm³/mol. The van der Waals surface area contributed by atoms with Gasteiger partial charge >= 0.3 is 0 Å². The molecule has 5 atom stereocenters. The zero-order chi connectivity index (χ0) is 23.0. The molecule has 7 nitrogen and oxygen atoms in total. The Hall–Kier alpha value is -2.61. The second-order valence-electron chi connectivity index (χ2n) is 9.08. The Morgan fingerprint density at radius 2 is 2.00 bits per heavy atom. The molecule has 1 fully saturated rings. The van der Waals surface area contributed by atoms with Gasteiger partial charge in [-0.05, 0) is 35.7 Å². The first-order valence-electron chi connectivity index (χ1n) is 11.0. The van der Waals surface area contributed by atoms with E-state index >= 15 is 0 Å². The minimum Gasteiger partial charge on any atom is -0.493 e. The number of aliphatic hydroxyl groups is 3. The van der Waals surface area contributed by atoms with E-state index < -0.39 is 30.3 Å². The van der Waals surface area contributed by atoms with Crippen LogP contribution in [0.3, 0.4) is 0 Å². The Balaban J connectivity index is 1.64. The number of carbonyl (C=O) groups excluding carboxylic acids is 1. The maximum Gasteiger partial charge on any atom is 0.248 e. The van der Waals surface area contributed by atoms with E-state index in [1.165, 1.54) is 0 Å². The van der Waals surface area contributed by atoms with Gasteiger partial charge in [0, 0.05) is 30.8 Å². The van der Waals surface area contributed by atoms with Crippen LogP contribution in [-0.2, 0) is 11.2 Å². The normalized spacial score (nSPS) is 27.8. The van der Waals surface area contributed by atoms with Crippen LogP contribution in [-0.4, -0.2) is 65.1 Å². The monoisotopic (exact) mass is 441 g/mol. The summed E-state index contributed by atoms with van der Waals surface area (Å²) in [4.78, 5) is 13.8. The predicted octanol–water partition coefficient (Wildman–Crippen LogP) is 2.04. The first-order valence-corrected chi connectivity index (χ1v) is 11.0. The number of nitrogens with zero attached hydrogens (tertiary/aromatic N) is 1. The smallest absolute Gasteiger partial charge is 0.248 e. The van der Waals surface area contributed by atoms with E-state index in [9.17, 15) is 20.1 Å². The molecule has 0 radical (unpaired) electrons. The molecule has 172 valence electrons. The van der Waals surface area contributed by atoms with E-state index in [4.69, 9.17) is 9.47 Å². The number of hydrogen-bond acceptors (Lipinski definition) is 6. The molecule has 2 aliphatic rings. The van der Waals surface area contributed by atoms with Crippen molar-refractivity contribution in [3.05, 3.63) is 59.2 Å². The quantitative estimate of drug-likeness (QED) is 0.635. The van der Waals surface area contributed by atoms with E-state index in [-0.39, 0.29) is 11.8 Å². The number of fused-ring (bicyclic) bond motifs is 1. The molecule has 1 aliphatic carbocycles. The van der Waals surface area contributed by atoms with Crippen LogP contribution in [0.2, 0.25) is 0 Å². The van der Waals surface area contributed by atoms with Gasteiger partial charge in [0.15, 0.2) is 11.5 Å². The molecule has 0 saturated carbocycles. The fraction of sp³-hybridized carbons (Fsp3) is 0.480. The zero-order valence-electron chi connectivity index (χ0n) is 18.7. The Bertz CT molecular complexity index is 992. The molecule has 3 N–H and O–H groups in total. The van der Waals surface area contributed by atoms with Crippen LogP contribution in [0.4, 0.5) is 0 Å². The average molecular weight is 442 g/mol. The minimum absolute atomic E-state index is 0.156. The third kappa shape index (κ3) is 3.85. The Labute approximate surface area is 188 Å². The van der Waals surface area contributed by atoms with Crippen LogP contribution in [0, 0.1) is 5.41 Å². The summed E-state index contributed by atoms with van der Waals surface area (Å²) in [5, 5.41) is 30.6. The lowest BCUT2D eigenvalue weighted by Gasteiger charge is -2.34. The van der Waals surface area contributed by atoms with Crippen LogP contribution in [0.5, 0.6) is 11.5 Å². The lowest BCUT2D eigenvalue weighted by atomic mass is 9.72. The van der Waals surface area contributed by atoms with E-state index in [0.29, 0.717) is 31.0 Å². The molecule has 2 aromatic rings. The summed E-state index contributed by atoms with van der Waals surface area (Å²) in [6.45, 7) is 3.87. The lowest BCUT2D eigenvalue weighted by Crippen LogP contribution is -2.38. The summed E-state index contributed by atoms with van der Waals surface area (Å²) in [6, 6.07) is 13.4. The molecular weight excluding hydrogens is 410 g/mol. The maximum absolute atomic E-state index is 12.2. The van der Waals surface area contributed by atoms with Gasteiger partial charge in [0.25, 0.3) is 0 Å². The molecular formula is C25H31NO6. The third-order valence-corrected chi connectivity index (χ3v) is 7.19. The van der Waals surface area contributed by atoms with Gasteiger partial charge in [-0.1, -0.05) is 37.3 Å². The van der Waals surface area contributed by atoms with Crippen molar-refractivity contribution >= 4 is 5.91 Å². The molecule has 0 spiro atoms. The Kier molecular flexibility index (Phi) is 6.16. The number of ether oxygens (including phenoxy) is 2. The second-order valence-corrected chi connectivity index (χ2v) is 9.08. The molecule has 4 rings (SSSR count). The van der Waals surface area contributed by atoms with E-state index in [1.54, 1.807) is 18.9 Å². The summed E-state index contributed by atoms with van der Waals surface area (Å²) in [6.07, 6.45) is -1.23. The number of carbonyl (C=O) groups is 1. The highest BCUT2D eigenvalue weighted by molar-refractivity contribution is 5.77. The SMILES string of the molecule is COc1ccc([C@@H]2CN(C(=O)CO)C[C@@]2(C)[C@@H](C)O)cc1OC1Cc2ccccc2C1O. The van der Waals surface area contributed by atoms with Gasteiger partial charge in [0.1, 0.15) is 18.8 Å². The van der Waals surface area contributed by atoms with E-state index in [2.05, 4.69) is 0 Å². The maximum atomic E-state index is 12.2. The molecule has 2 unspecified atom stereocenters. The van der Waals surface area contributed by atoms with Gasteiger partial charge in [-0.3, -0.25) is 4.79 Å². The van der Waals surface area contributed by atoms with Gasteiger partial charge in [0.2, 0.25) is 5.91 Å². The standard InChI is InChI=1S/C25H31NO6/c1-15(28)25(2)14-26(23(29)13-27)12-19(25)17-8-9-20(31-3)21(11-17)32-22-10-16-6-4-5-7-18(16)24(22)30/h4-9,11,15,19,22,24,27-28,30H,10,12-14H2,1-3H3/t15-,19+,22?,24?,25+/m1/s1. The third-order valence-electron chi connectivity index (χ3n) is 7.19. The van der Waals surface area contributed by atoms with Crippen LogP contribution in [0.25, 0.3) is 0 Å². The van der Waals surface area contributed by atoms with Crippen molar-refractivity contribution in [2.24, 2.45) is 5.41 Å². The Morgan fingerprint density at radius 1 is 1.25 bits per heavy atom. The number of rotatable bonds is 6. The number of methoxy groups -OCH3 is 1. The number of hydrogen-bond donors (Lipinski definition) is 3. The lowest BCUT2D eigenvalue weighted by molar-refractivity contribution is -0.133. The van der Waals surface area contributed by atoms with Crippen LogP contribution < -0.4 is 9.47 Å². The minimum atomic E-state index is -0.730. The van der Waals surface area contributed by atoms with Gasteiger partial charge < -0.3 is 29.7 Å². The summed E-state index contributed by atoms with van der Waals surface area (Å²) in [7, 11) is 1.57. The highest BCUT2D eigenvalue weighted by Crippen LogP contribution is 2.47. The molecule has 2 aromatic carbocycles. The van der Waals surface area contributed by atoms with Crippen LogP contribution in [0.15, 0.2) is 42.5 Å². The topological polar surface area (TPSA) is 99.5 Å². The summed E-state index contributed by atoms with van der Waals surface area (Å²) in [5.74, 6) is 0.562. The number of aliphatic hydroxyl groups excluding tert-OH is 3. The molecule has 0 bridgehead atoms. The fourth-order valence-corrected chi connectivity index (χ4v) is 5.02. The van der Waals surface area contributed by atoms with Crippen molar-refractivity contribution < 1.29 is 29.6 Å². The Morgan fingerprint density at radius 3 is 2.66 bits per heavy atom. The van der Waals surface area contributed by atoms with Gasteiger partial charge in [-0.2, -0.15) is 0 Å².